The standard InChI is InChI=1S/C6H12N2/c1-2-6-4-7-5(1)3-8-6/h5-8H,1-4H2/t5-,6-/m1/s1. The molecule has 2 heteroatoms. The molecule has 3 saturated heterocycles. The van der Waals surface area contributed by atoms with E-state index >= 15 is 0 Å². The molecule has 0 saturated carbocycles. The Morgan fingerprint density at radius 2 is 1.38 bits per heavy atom. The number of hydrogen-bond acceptors (Lipinski definition) is 2. The lowest BCUT2D eigenvalue weighted by atomic mass is 9.96. The number of rotatable bonds is 0. The van der Waals surface area contributed by atoms with Gasteiger partial charge in [-0.25, -0.2) is 0 Å². The molecule has 0 unspecified atom stereocenters. The van der Waals surface area contributed by atoms with Crippen LogP contribution in [-0.4, -0.2) is 25.2 Å². The van der Waals surface area contributed by atoms with Crippen molar-refractivity contribution >= 4 is 0 Å². The van der Waals surface area contributed by atoms with E-state index in [9.17, 15) is 0 Å². The highest BCUT2D eigenvalue weighted by molar-refractivity contribution is 4.89. The Hall–Kier alpha value is -0.0800. The van der Waals surface area contributed by atoms with Crippen LogP contribution in [0.4, 0.5) is 0 Å². The molecular formula is C6H12N2. The first-order chi connectivity index (χ1) is 3.95. The highest BCUT2D eigenvalue weighted by Gasteiger charge is 2.25. The normalized spacial score (nSPS) is 45.0. The van der Waals surface area contributed by atoms with Gasteiger partial charge >= 0.3 is 0 Å². The Bertz CT molecular complexity index is 61.5. The van der Waals surface area contributed by atoms with E-state index in [1.54, 1.807) is 0 Å². The van der Waals surface area contributed by atoms with Crippen LogP contribution >= 0.6 is 0 Å². The van der Waals surface area contributed by atoms with E-state index in [-0.39, 0.29) is 0 Å². The van der Waals surface area contributed by atoms with Crippen LogP contribution in [0.3, 0.4) is 0 Å². The summed E-state index contributed by atoms with van der Waals surface area (Å²) in [6, 6.07) is 1.58. The zero-order valence-corrected chi connectivity index (χ0v) is 4.98. The molecule has 2 bridgehead atoms. The molecule has 0 aromatic heterocycles. The Morgan fingerprint density at radius 3 is 1.50 bits per heavy atom. The third kappa shape index (κ3) is 0.644. The maximum Gasteiger partial charge on any atom is 0.0193 e. The van der Waals surface area contributed by atoms with Gasteiger partial charge in [-0.05, 0) is 12.8 Å². The number of hydrogen-bond donors (Lipinski definition) is 2. The molecular weight excluding hydrogens is 100 g/mol. The zero-order chi connectivity index (χ0) is 5.40. The molecule has 3 aliphatic rings. The van der Waals surface area contributed by atoms with Crippen molar-refractivity contribution in [2.45, 2.75) is 24.9 Å². The predicted molar refractivity (Wildman–Crippen MR) is 32.8 cm³/mol. The van der Waals surface area contributed by atoms with Gasteiger partial charge in [-0.15, -0.1) is 0 Å². The predicted octanol–water partition coefficient (Wildman–Crippen LogP) is -0.290. The smallest absolute Gasteiger partial charge is 0.0193 e. The Morgan fingerprint density at radius 1 is 0.875 bits per heavy atom. The Kier molecular flexibility index (Phi) is 1.02. The van der Waals surface area contributed by atoms with E-state index in [1.807, 2.05) is 0 Å². The summed E-state index contributed by atoms with van der Waals surface area (Å²) >= 11 is 0. The molecule has 2 nitrogen and oxygen atoms in total. The molecule has 2 atom stereocenters. The van der Waals surface area contributed by atoms with Crippen LogP contribution in [0, 0.1) is 0 Å². The molecule has 0 aromatic carbocycles. The Labute approximate surface area is 49.7 Å². The third-order valence-corrected chi connectivity index (χ3v) is 2.17. The fourth-order valence-electron chi connectivity index (χ4n) is 1.57. The van der Waals surface area contributed by atoms with Gasteiger partial charge in [-0.2, -0.15) is 0 Å². The van der Waals surface area contributed by atoms with Crippen LogP contribution in [-0.2, 0) is 0 Å². The van der Waals surface area contributed by atoms with E-state index in [1.165, 1.54) is 25.9 Å². The highest BCUT2D eigenvalue weighted by atomic mass is 15.1. The maximum absolute atomic E-state index is 3.46. The summed E-state index contributed by atoms with van der Waals surface area (Å²) < 4.78 is 0. The summed E-state index contributed by atoms with van der Waals surface area (Å²) in [4.78, 5) is 0. The second-order valence-electron chi connectivity index (χ2n) is 2.79. The fourth-order valence-corrected chi connectivity index (χ4v) is 1.57. The molecule has 3 aliphatic heterocycles. The molecule has 46 valence electrons. The maximum atomic E-state index is 3.46. The first-order valence-corrected chi connectivity index (χ1v) is 3.42. The summed E-state index contributed by atoms with van der Waals surface area (Å²) in [5.41, 5.74) is 0. The lowest BCUT2D eigenvalue weighted by Gasteiger charge is -2.37. The molecule has 0 amide bonds. The zero-order valence-electron chi connectivity index (χ0n) is 4.98. The van der Waals surface area contributed by atoms with Crippen LogP contribution in [0.5, 0.6) is 0 Å². The van der Waals surface area contributed by atoms with E-state index in [0.717, 1.165) is 12.1 Å². The molecule has 0 radical (unpaired) electrons. The van der Waals surface area contributed by atoms with E-state index < -0.39 is 0 Å². The van der Waals surface area contributed by atoms with Crippen molar-refractivity contribution in [2.24, 2.45) is 0 Å². The molecule has 3 heterocycles. The van der Waals surface area contributed by atoms with Gasteiger partial charge in [-0.3, -0.25) is 0 Å². The average molecular weight is 112 g/mol. The summed E-state index contributed by atoms with van der Waals surface area (Å²) in [6.45, 7) is 2.40. The van der Waals surface area contributed by atoms with Crippen LogP contribution in [0.15, 0.2) is 0 Å². The number of fused-ring (bicyclic) bond motifs is 3. The summed E-state index contributed by atoms with van der Waals surface area (Å²) in [5, 5.41) is 6.91. The van der Waals surface area contributed by atoms with Gasteiger partial charge in [0.1, 0.15) is 0 Å². The lowest BCUT2D eigenvalue weighted by Crippen LogP contribution is -2.58. The largest absolute Gasteiger partial charge is 0.311 e. The summed E-state index contributed by atoms with van der Waals surface area (Å²) in [6.07, 6.45) is 2.77. The molecule has 3 fully saturated rings. The first kappa shape index (κ1) is 4.77. The average Bonchev–Trinajstić information content (AvgIpc) is 1.92. The van der Waals surface area contributed by atoms with Crippen molar-refractivity contribution in [1.82, 2.24) is 10.6 Å². The van der Waals surface area contributed by atoms with Gasteiger partial charge in [0, 0.05) is 25.2 Å². The monoisotopic (exact) mass is 112 g/mol. The third-order valence-electron chi connectivity index (χ3n) is 2.17. The minimum atomic E-state index is 0.792. The van der Waals surface area contributed by atoms with Crippen LogP contribution in [0.1, 0.15) is 12.8 Å². The van der Waals surface area contributed by atoms with Gasteiger partial charge in [0.15, 0.2) is 0 Å². The van der Waals surface area contributed by atoms with E-state index in [0.29, 0.717) is 0 Å². The fraction of sp³-hybridized carbons (Fsp3) is 1.00. The van der Waals surface area contributed by atoms with Crippen molar-refractivity contribution in [3.8, 4) is 0 Å². The second-order valence-corrected chi connectivity index (χ2v) is 2.79. The van der Waals surface area contributed by atoms with Gasteiger partial charge in [0.05, 0.1) is 0 Å². The minimum absolute atomic E-state index is 0.792. The van der Waals surface area contributed by atoms with Crippen molar-refractivity contribution in [3.63, 3.8) is 0 Å². The van der Waals surface area contributed by atoms with Gasteiger partial charge in [-0.1, -0.05) is 0 Å². The van der Waals surface area contributed by atoms with E-state index in [4.69, 9.17) is 0 Å². The highest BCUT2D eigenvalue weighted by Crippen LogP contribution is 2.12. The summed E-state index contributed by atoms with van der Waals surface area (Å²) in [7, 11) is 0. The van der Waals surface area contributed by atoms with Crippen LogP contribution in [0.25, 0.3) is 0 Å². The molecule has 2 N–H and O–H groups in total. The van der Waals surface area contributed by atoms with Gasteiger partial charge < -0.3 is 10.6 Å². The molecule has 0 spiro atoms. The van der Waals surface area contributed by atoms with Crippen LogP contribution in [0.2, 0.25) is 0 Å². The minimum Gasteiger partial charge on any atom is -0.311 e. The number of piperidine rings is 2. The van der Waals surface area contributed by atoms with Crippen molar-refractivity contribution in [3.05, 3.63) is 0 Å². The second kappa shape index (κ2) is 1.71. The van der Waals surface area contributed by atoms with Crippen LogP contribution < -0.4 is 10.6 Å². The van der Waals surface area contributed by atoms with Crippen molar-refractivity contribution < 1.29 is 0 Å². The first-order valence-electron chi connectivity index (χ1n) is 3.42. The topological polar surface area (TPSA) is 24.1 Å². The number of nitrogens with one attached hydrogen (secondary N) is 2. The van der Waals surface area contributed by atoms with E-state index in [2.05, 4.69) is 10.6 Å². The molecule has 3 rings (SSSR count). The van der Waals surface area contributed by atoms with Crippen molar-refractivity contribution in [1.29, 1.82) is 0 Å². The number of piperazine rings is 1. The lowest BCUT2D eigenvalue weighted by molar-refractivity contribution is 0.251. The quantitative estimate of drug-likeness (QED) is 0.450. The Balaban J connectivity index is 2.03. The molecule has 0 aliphatic carbocycles. The molecule has 0 aromatic rings. The SMILES string of the molecule is C1C[C@@H]2CN[C@H]1CN2. The van der Waals surface area contributed by atoms with Gasteiger partial charge in [0.25, 0.3) is 0 Å². The van der Waals surface area contributed by atoms with Crippen molar-refractivity contribution in [2.75, 3.05) is 13.1 Å². The molecule has 8 heavy (non-hydrogen) atoms. The summed E-state index contributed by atoms with van der Waals surface area (Å²) in [5.74, 6) is 0. The van der Waals surface area contributed by atoms with Gasteiger partial charge in [0.2, 0.25) is 0 Å².